The predicted octanol–water partition coefficient (Wildman–Crippen LogP) is 3.92. The molecule has 2 aromatic heterocycles. The molecular weight excluding hydrogens is 352 g/mol. The lowest BCUT2D eigenvalue weighted by molar-refractivity contribution is 0.0958. The van der Waals surface area contributed by atoms with E-state index >= 15 is 0 Å². The number of amides is 1. The number of anilines is 4. The van der Waals surface area contributed by atoms with Crippen molar-refractivity contribution < 1.29 is 4.79 Å². The molecule has 0 saturated heterocycles. The van der Waals surface area contributed by atoms with E-state index in [-0.39, 0.29) is 5.91 Å². The number of carbonyl (C=O) groups is 1. The monoisotopic (exact) mass is 376 g/mol. The van der Waals surface area contributed by atoms with Gasteiger partial charge in [-0.1, -0.05) is 26.0 Å². The second kappa shape index (κ2) is 8.94. The number of benzene rings is 1. The van der Waals surface area contributed by atoms with Crippen LogP contribution in [-0.4, -0.2) is 27.9 Å². The summed E-state index contributed by atoms with van der Waals surface area (Å²) in [6.45, 7) is 4.42. The maximum Gasteiger partial charge on any atom is 0.269 e. The van der Waals surface area contributed by atoms with Crippen LogP contribution in [0.4, 0.5) is 23.0 Å². The molecule has 0 bridgehead atoms. The van der Waals surface area contributed by atoms with E-state index in [4.69, 9.17) is 0 Å². The van der Waals surface area contributed by atoms with Gasteiger partial charge >= 0.3 is 0 Å². The Morgan fingerprint density at radius 3 is 2.29 bits per heavy atom. The molecule has 0 atom stereocenters. The minimum Gasteiger partial charge on any atom is -0.354 e. The van der Waals surface area contributed by atoms with Crippen LogP contribution in [0.25, 0.3) is 0 Å². The van der Waals surface area contributed by atoms with Crippen LogP contribution in [0.15, 0.2) is 55.0 Å². The van der Waals surface area contributed by atoms with E-state index in [2.05, 4.69) is 56.9 Å². The zero-order chi connectivity index (χ0) is 19.9. The summed E-state index contributed by atoms with van der Waals surface area (Å²) in [6.07, 6.45) is 6.01. The van der Waals surface area contributed by atoms with Crippen LogP contribution < -0.4 is 16.0 Å². The van der Waals surface area contributed by atoms with Crippen LogP contribution in [0.2, 0.25) is 0 Å². The first kappa shape index (κ1) is 19.3. The Morgan fingerprint density at radius 2 is 1.64 bits per heavy atom. The van der Waals surface area contributed by atoms with Crippen molar-refractivity contribution in [2.45, 2.75) is 20.3 Å². The summed E-state index contributed by atoms with van der Waals surface area (Å²) < 4.78 is 0. The van der Waals surface area contributed by atoms with Crippen molar-refractivity contribution >= 4 is 28.9 Å². The van der Waals surface area contributed by atoms with Crippen LogP contribution >= 0.6 is 0 Å². The summed E-state index contributed by atoms with van der Waals surface area (Å²) in [5.74, 6) is 0.914. The zero-order valence-corrected chi connectivity index (χ0v) is 16.2. The third-order valence-electron chi connectivity index (χ3n) is 4.01. The fraction of sp³-hybridized carbons (Fsp3) is 0.238. The normalized spacial score (nSPS) is 10.6. The van der Waals surface area contributed by atoms with Gasteiger partial charge in [-0.3, -0.25) is 9.78 Å². The van der Waals surface area contributed by atoms with Gasteiger partial charge in [-0.25, -0.2) is 9.97 Å². The van der Waals surface area contributed by atoms with Crippen LogP contribution in [0.5, 0.6) is 0 Å². The number of hydrogen-bond acceptors (Lipinski definition) is 6. The van der Waals surface area contributed by atoms with Gasteiger partial charge in [0.1, 0.15) is 5.69 Å². The first-order valence-corrected chi connectivity index (χ1v) is 9.16. The van der Waals surface area contributed by atoms with Gasteiger partial charge < -0.3 is 16.0 Å². The standard InChI is InChI=1S/C21H24N6O/c1-14(2)10-15-4-6-16(7-5-15)27-21-24-12-18(13-25-21)26-17-8-9-23-19(11-17)20(28)22-3/h4-9,11-14H,10H2,1-3H3,(H,22,28)(H,23,26)(H,24,25,27). The lowest BCUT2D eigenvalue weighted by atomic mass is 10.0. The second-order valence-corrected chi connectivity index (χ2v) is 6.85. The predicted molar refractivity (Wildman–Crippen MR) is 111 cm³/mol. The van der Waals surface area contributed by atoms with E-state index < -0.39 is 0 Å². The number of hydrogen-bond donors (Lipinski definition) is 3. The fourth-order valence-electron chi connectivity index (χ4n) is 2.71. The van der Waals surface area contributed by atoms with Gasteiger partial charge in [0.15, 0.2) is 0 Å². The quantitative estimate of drug-likeness (QED) is 0.579. The number of pyridine rings is 1. The Kier molecular flexibility index (Phi) is 6.16. The lowest BCUT2D eigenvalue weighted by Gasteiger charge is -2.09. The Hall–Kier alpha value is -3.48. The van der Waals surface area contributed by atoms with E-state index in [1.807, 2.05) is 12.1 Å². The molecule has 0 fully saturated rings. The highest BCUT2D eigenvalue weighted by Crippen LogP contribution is 2.18. The highest BCUT2D eigenvalue weighted by molar-refractivity contribution is 5.93. The third kappa shape index (κ3) is 5.26. The maximum atomic E-state index is 11.7. The average molecular weight is 376 g/mol. The first-order valence-electron chi connectivity index (χ1n) is 9.16. The number of carbonyl (C=O) groups excluding carboxylic acids is 1. The van der Waals surface area contributed by atoms with Gasteiger partial charge in [0, 0.05) is 24.6 Å². The SMILES string of the molecule is CNC(=O)c1cc(Nc2cnc(Nc3ccc(CC(C)C)cc3)nc2)ccn1. The molecule has 0 unspecified atom stereocenters. The summed E-state index contributed by atoms with van der Waals surface area (Å²) in [6, 6.07) is 11.7. The van der Waals surface area contributed by atoms with Crippen LogP contribution in [0.3, 0.4) is 0 Å². The molecule has 1 aromatic carbocycles. The molecule has 28 heavy (non-hydrogen) atoms. The van der Waals surface area contributed by atoms with Gasteiger partial charge in [0.05, 0.1) is 18.1 Å². The van der Waals surface area contributed by atoms with Crippen molar-refractivity contribution in [2.75, 3.05) is 17.7 Å². The molecule has 3 aromatic rings. The van der Waals surface area contributed by atoms with Gasteiger partial charge in [-0.2, -0.15) is 0 Å². The Bertz CT molecular complexity index is 922. The molecule has 0 aliphatic carbocycles. The molecule has 3 N–H and O–H groups in total. The van der Waals surface area contributed by atoms with Crippen molar-refractivity contribution in [1.29, 1.82) is 0 Å². The summed E-state index contributed by atoms with van der Waals surface area (Å²) >= 11 is 0. The summed E-state index contributed by atoms with van der Waals surface area (Å²) in [5, 5.41) is 8.91. The Balaban J connectivity index is 1.63. The largest absolute Gasteiger partial charge is 0.354 e. The molecular formula is C21H24N6O. The molecule has 2 heterocycles. The third-order valence-corrected chi connectivity index (χ3v) is 4.01. The topological polar surface area (TPSA) is 91.8 Å². The van der Waals surface area contributed by atoms with Crippen LogP contribution in [0.1, 0.15) is 29.9 Å². The van der Waals surface area contributed by atoms with E-state index in [0.717, 1.165) is 17.8 Å². The number of aromatic nitrogens is 3. The zero-order valence-electron chi connectivity index (χ0n) is 16.2. The van der Waals surface area contributed by atoms with Crippen molar-refractivity contribution in [1.82, 2.24) is 20.3 Å². The summed E-state index contributed by atoms with van der Waals surface area (Å²) in [7, 11) is 1.57. The van der Waals surface area contributed by atoms with E-state index in [9.17, 15) is 4.79 Å². The Labute approximate surface area is 164 Å². The van der Waals surface area contributed by atoms with Gasteiger partial charge in [0.25, 0.3) is 5.91 Å². The lowest BCUT2D eigenvalue weighted by Crippen LogP contribution is -2.19. The van der Waals surface area contributed by atoms with Crippen molar-refractivity contribution in [2.24, 2.45) is 5.92 Å². The molecule has 1 amide bonds. The van der Waals surface area contributed by atoms with Crippen molar-refractivity contribution in [3.8, 4) is 0 Å². The van der Waals surface area contributed by atoms with Gasteiger partial charge in [-0.05, 0) is 42.2 Å². The Morgan fingerprint density at radius 1 is 0.929 bits per heavy atom. The van der Waals surface area contributed by atoms with Crippen LogP contribution in [-0.2, 0) is 6.42 Å². The molecule has 0 saturated carbocycles. The second-order valence-electron chi connectivity index (χ2n) is 6.85. The van der Waals surface area contributed by atoms with Crippen molar-refractivity contribution in [3.05, 3.63) is 66.2 Å². The van der Waals surface area contributed by atoms with Crippen molar-refractivity contribution in [3.63, 3.8) is 0 Å². The molecule has 0 aliphatic rings. The van der Waals surface area contributed by atoms with E-state index in [0.29, 0.717) is 23.2 Å². The number of nitrogens with zero attached hydrogens (tertiary/aromatic N) is 3. The van der Waals surface area contributed by atoms with Gasteiger partial charge in [-0.15, -0.1) is 0 Å². The molecule has 0 spiro atoms. The smallest absolute Gasteiger partial charge is 0.269 e. The van der Waals surface area contributed by atoms with Crippen LogP contribution in [0, 0.1) is 5.92 Å². The molecule has 0 aliphatic heterocycles. The summed E-state index contributed by atoms with van der Waals surface area (Å²) in [4.78, 5) is 24.4. The highest BCUT2D eigenvalue weighted by atomic mass is 16.1. The molecule has 3 rings (SSSR count). The maximum absolute atomic E-state index is 11.7. The van der Waals surface area contributed by atoms with Gasteiger partial charge in [0.2, 0.25) is 5.95 Å². The average Bonchev–Trinajstić information content (AvgIpc) is 2.70. The minimum absolute atomic E-state index is 0.237. The molecule has 7 nitrogen and oxygen atoms in total. The molecule has 7 heteroatoms. The highest BCUT2D eigenvalue weighted by Gasteiger charge is 2.06. The first-order chi connectivity index (χ1) is 13.5. The fourth-order valence-corrected chi connectivity index (χ4v) is 2.71. The van der Waals surface area contributed by atoms with E-state index in [1.165, 1.54) is 5.56 Å². The number of nitrogens with one attached hydrogen (secondary N) is 3. The van der Waals surface area contributed by atoms with E-state index in [1.54, 1.807) is 37.8 Å². The molecule has 144 valence electrons. The minimum atomic E-state index is -0.237. The summed E-state index contributed by atoms with van der Waals surface area (Å²) in [5.41, 5.74) is 4.05. The molecule has 0 radical (unpaired) electrons. The number of rotatable bonds is 7.